The lowest BCUT2D eigenvalue weighted by atomic mass is 10.1. The van der Waals surface area contributed by atoms with E-state index >= 15 is 0 Å². The zero-order chi connectivity index (χ0) is 21.5. The lowest BCUT2D eigenvalue weighted by molar-refractivity contribution is -0.384. The molecule has 0 spiro atoms. The molecule has 0 fully saturated rings. The monoisotopic (exact) mass is 422 g/mol. The van der Waals surface area contributed by atoms with E-state index in [1.165, 1.54) is 30.5 Å². The topological polar surface area (TPSA) is 114 Å². The van der Waals surface area contributed by atoms with Crippen molar-refractivity contribution in [1.29, 1.82) is 0 Å². The number of rotatable bonds is 6. The fraction of sp³-hybridized carbons (Fsp3) is 0. The van der Waals surface area contributed by atoms with E-state index in [9.17, 15) is 19.7 Å². The minimum atomic E-state index is -0.516. The summed E-state index contributed by atoms with van der Waals surface area (Å²) in [6.45, 7) is 0. The largest absolute Gasteiger partial charge is 0.322 e. The van der Waals surface area contributed by atoms with Gasteiger partial charge < -0.3 is 5.32 Å². The number of nitrogens with one attached hydrogen (secondary N) is 2. The van der Waals surface area contributed by atoms with Crippen LogP contribution in [0.3, 0.4) is 0 Å². The van der Waals surface area contributed by atoms with E-state index in [2.05, 4.69) is 15.8 Å². The van der Waals surface area contributed by atoms with Crippen LogP contribution >= 0.6 is 11.6 Å². The van der Waals surface area contributed by atoms with Gasteiger partial charge in [-0.3, -0.25) is 19.7 Å². The second kappa shape index (κ2) is 9.44. The van der Waals surface area contributed by atoms with Crippen LogP contribution < -0.4 is 10.7 Å². The number of non-ortho nitro benzene ring substituents is 1. The third kappa shape index (κ3) is 5.27. The van der Waals surface area contributed by atoms with Crippen LogP contribution in [0.25, 0.3) is 0 Å². The first-order chi connectivity index (χ1) is 14.4. The summed E-state index contributed by atoms with van der Waals surface area (Å²) >= 11 is 6.02. The number of hydrogen-bond donors (Lipinski definition) is 2. The number of carbonyl (C=O) groups is 2. The Bertz CT molecular complexity index is 1150. The van der Waals surface area contributed by atoms with E-state index in [0.29, 0.717) is 21.8 Å². The van der Waals surface area contributed by atoms with Crippen molar-refractivity contribution < 1.29 is 14.5 Å². The molecule has 0 unspecified atom stereocenters. The Morgan fingerprint density at radius 1 is 0.967 bits per heavy atom. The predicted octanol–water partition coefficient (Wildman–Crippen LogP) is 4.26. The van der Waals surface area contributed by atoms with Crippen LogP contribution in [0.5, 0.6) is 0 Å². The van der Waals surface area contributed by atoms with Crippen molar-refractivity contribution >= 4 is 41.0 Å². The van der Waals surface area contributed by atoms with Crippen LogP contribution in [0.15, 0.2) is 77.9 Å². The Labute approximate surface area is 176 Å². The molecule has 0 aliphatic heterocycles. The van der Waals surface area contributed by atoms with Gasteiger partial charge >= 0.3 is 0 Å². The first-order valence-electron chi connectivity index (χ1n) is 8.68. The fourth-order valence-corrected chi connectivity index (χ4v) is 2.75. The first-order valence-corrected chi connectivity index (χ1v) is 9.05. The number of halogens is 1. The number of nitrogens with zero attached hydrogens (tertiary/aromatic N) is 2. The SMILES string of the molecule is O=C(N/N=C\c1cccc([N+](=O)[O-])c1)c1cccc(NC(=O)c2ccccc2Cl)c1. The van der Waals surface area contributed by atoms with Crippen LogP contribution in [0.2, 0.25) is 5.02 Å². The summed E-state index contributed by atoms with van der Waals surface area (Å²) in [5.74, 6) is -0.910. The molecule has 0 saturated carbocycles. The summed E-state index contributed by atoms with van der Waals surface area (Å²) in [5.41, 5.74) is 3.73. The molecule has 0 aromatic heterocycles. The normalized spacial score (nSPS) is 10.6. The van der Waals surface area contributed by atoms with Gasteiger partial charge in [-0.05, 0) is 30.3 Å². The molecule has 0 aliphatic rings. The minimum absolute atomic E-state index is 0.0766. The number of nitro groups is 1. The zero-order valence-corrected chi connectivity index (χ0v) is 16.2. The second-order valence-corrected chi connectivity index (χ2v) is 6.47. The number of benzene rings is 3. The summed E-state index contributed by atoms with van der Waals surface area (Å²) in [6.07, 6.45) is 1.30. The Hall–Kier alpha value is -4.04. The molecule has 9 heteroatoms. The highest BCUT2D eigenvalue weighted by atomic mass is 35.5. The third-order valence-corrected chi connectivity index (χ3v) is 4.29. The predicted molar refractivity (Wildman–Crippen MR) is 114 cm³/mol. The molecular weight excluding hydrogens is 408 g/mol. The van der Waals surface area contributed by atoms with E-state index in [0.717, 1.165) is 0 Å². The molecule has 3 aromatic rings. The molecule has 8 nitrogen and oxygen atoms in total. The van der Waals surface area contributed by atoms with E-state index in [-0.39, 0.29) is 11.3 Å². The second-order valence-electron chi connectivity index (χ2n) is 6.07. The van der Waals surface area contributed by atoms with Crippen molar-refractivity contribution in [1.82, 2.24) is 5.43 Å². The number of carbonyl (C=O) groups excluding carboxylic acids is 2. The molecule has 2 N–H and O–H groups in total. The molecule has 3 aromatic carbocycles. The van der Waals surface area contributed by atoms with Gasteiger partial charge in [-0.1, -0.05) is 41.9 Å². The number of hydrogen-bond acceptors (Lipinski definition) is 5. The van der Waals surface area contributed by atoms with Gasteiger partial charge in [0.2, 0.25) is 0 Å². The Kier molecular flexibility index (Phi) is 6.51. The Balaban J connectivity index is 1.66. The lowest BCUT2D eigenvalue weighted by Gasteiger charge is -2.08. The van der Waals surface area contributed by atoms with E-state index in [1.54, 1.807) is 48.5 Å². The molecule has 0 heterocycles. The maximum atomic E-state index is 12.4. The summed E-state index contributed by atoms with van der Waals surface area (Å²) in [6, 6.07) is 18.8. The molecule has 0 atom stereocenters. The smallest absolute Gasteiger partial charge is 0.271 e. The van der Waals surface area contributed by atoms with Crippen molar-refractivity contribution in [2.75, 3.05) is 5.32 Å². The average Bonchev–Trinajstić information content (AvgIpc) is 2.74. The maximum Gasteiger partial charge on any atom is 0.271 e. The van der Waals surface area contributed by atoms with E-state index in [1.807, 2.05) is 0 Å². The molecule has 3 rings (SSSR count). The third-order valence-electron chi connectivity index (χ3n) is 3.96. The van der Waals surface area contributed by atoms with Gasteiger partial charge in [-0.2, -0.15) is 5.10 Å². The first kappa shape index (κ1) is 20.7. The van der Waals surface area contributed by atoms with E-state index in [4.69, 9.17) is 11.6 Å². The van der Waals surface area contributed by atoms with Gasteiger partial charge in [0.05, 0.1) is 21.7 Å². The molecule has 0 radical (unpaired) electrons. The quantitative estimate of drug-likeness (QED) is 0.351. The van der Waals surface area contributed by atoms with Crippen LogP contribution in [-0.2, 0) is 0 Å². The highest BCUT2D eigenvalue weighted by Crippen LogP contribution is 2.18. The molecule has 0 bridgehead atoms. The van der Waals surface area contributed by atoms with Gasteiger partial charge in [-0.25, -0.2) is 5.43 Å². The molecule has 0 saturated heterocycles. The number of anilines is 1. The highest BCUT2D eigenvalue weighted by Gasteiger charge is 2.11. The number of amides is 2. The van der Waals surface area contributed by atoms with E-state index < -0.39 is 16.7 Å². The van der Waals surface area contributed by atoms with Gasteiger partial charge in [0.15, 0.2) is 0 Å². The Morgan fingerprint density at radius 3 is 2.50 bits per heavy atom. The number of nitro benzene ring substituents is 1. The van der Waals surface area contributed by atoms with Crippen molar-refractivity contribution in [2.45, 2.75) is 0 Å². The Morgan fingerprint density at radius 2 is 1.73 bits per heavy atom. The molecular formula is C21H15ClN4O4. The average molecular weight is 423 g/mol. The molecule has 30 heavy (non-hydrogen) atoms. The van der Waals surface area contributed by atoms with Crippen molar-refractivity contribution in [3.05, 3.63) is 105 Å². The maximum absolute atomic E-state index is 12.4. The van der Waals surface area contributed by atoms with Crippen LogP contribution in [-0.4, -0.2) is 23.0 Å². The molecule has 2 amide bonds. The van der Waals surface area contributed by atoms with Crippen LogP contribution in [0.4, 0.5) is 11.4 Å². The van der Waals surface area contributed by atoms with Gasteiger partial charge in [0.1, 0.15) is 0 Å². The highest BCUT2D eigenvalue weighted by molar-refractivity contribution is 6.34. The van der Waals surface area contributed by atoms with Crippen molar-refractivity contribution in [3.63, 3.8) is 0 Å². The lowest BCUT2D eigenvalue weighted by Crippen LogP contribution is -2.18. The van der Waals surface area contributed by atoms with Crippen molar-refractivity contribution in [2.24, 2.45) is 5.10 Å². The van der Waals surface area contributed by atoms with Crippen molar-refractivity contribution in [3.8, 4) is 0 Å². The molecule has 150 valence electrons. The van der Waals surface area contributed by atoms with Gasteiger partial charge in [0, 0.05) is 28.9 Å². The summed E-state index contributed by atoms with van der Waals surface area (Å²) in [7, 11) is 0. The van der Waals surface area contributed by atoms with Gasteiger partial charge in [-0.15, -0.1) is 0 Å². The summed E-state index contributed by atoms with van der Waals surface area (Å²) in [5, 5.41) is 17.6. The summed E-state index contributed by atoms with van der Waals surface area (Å²) in [4.78, 5) is 34.9. The molecule has 0 aliphatic carbocycles. The number of hydrazone groups is 1. The van der Waals surface area contributed by atoms with Gasteiger partial charge in [0.25, 0.3) is 17.5 Å². The fourth-order valence-electron chi connectivity index (χ4n) is 2.53. The van der Waals surface area contributed by atoms with Crippen LogP contribution in [0, 0.1) is 10.1 Å². The minimum Gasteiger partial charge on any atom is -0.322 e. The zero-order valence-electron chi connectivity index (χ0n) is 15.4. The van der Waals surface area contributed by atoms with Crippen LogP contribution in [0.1, 0.15) is 26.3 Å². The summed E-state index contributed by atoms with van der Waals surface area (Å²) < 4.78 is 0. The standard InChI is InChI=1S/C21H15ClN4O4/c22-19-10-2-1-9-18(19)21(28)24-16-7-4-6-15(12-16)20(27)25-23-13-14-5-3-8-17(11-14)26(29)30/h1-13H,(H,24,28)(H,25,27)/b23-13-.